The number of hydrogen-bond donors (Lipinski definition) is 2. The minimum atomic E-state index is -0.764. The van der Waals surface area contributed by atoms with Gasteiger partial charge < -0.3 is 24.6 Å². The van der Waals surface area contributed by atoms with Gasteiger partial charge in [-0.25, -0.2) is 8.78 Å². The van der Waals surface area contributed by atoms with Gasteiger partial charge >= 0.3 is 11.9 Å². The largest absolute Gasteiger partial charge is 0.490 e. The van der Waals surface area contributed by atoms with Crippen LogP contribution >= 0.6 is 0 Å². The highest BCUT2D eigenvalue weighted by Gasteiger charge is 2.41. The molecule has 6 aliphatic rings. The summed E-state index contributed by atoms with van der Waals surface area (Å²) < 4.78 is 46.5. The molecule has 352 valence electrons. The zero-order chi connectivity index (χ0) is 46.1. The number of benzene rings is 4. The Morgan fingerprint density at radius 2 is 1.23 bits per heavy atom. The van der Waals surface area contributed by atoms with Crippen LogP contribution in [0.25, 0.3) is 22.3 Å². The number of likely N-dealkylation sites (tertiary alicyclic amines) is 1. The van der Waals surface area contributed by atoms with Crippen molar-refractivity contribution in [3.63, 3.8) is 0 Å². The maximum absolute atomic E-state index is 15.3. The lowest BCUT2D eigenvalue weighted by molar-refractivity contribution is -0.144. The first-order chi connectivity index (χ1) is 32.0. The Bertz CT molecular complexity index is 2250. The van der Waals surface area contributed by atoms with Gasteiger partial charge in [0.2, 0.25) is 0 Å². The van der Waals surface area contributed by atoms with Gasteiger partial charge in [0.25, 0.3) is 0 Å². The number of aliphatic carboxylic acids is 1. The first-order valence-corrected chi connectivity index (χ1v) is 24.3. The third-order valence-corrected chi connectivity index (χ3v) is 15.6. The highest BCUT2D eigenvalue weighted by Crippen LogP contribution is 2.53. The maximum atomic E-state index is 15.3. The van der Waals surface area contributed by atoms with E-state index in [1.807, 2.05) is 59.5 Å². The minimum absolute atomic E-state index is 0.0833. The summed E-state index contributed by atoms with van der Waals surface area (Å²) in [4.78, 5) is 34.9. The Morgan fingerprint density at radius 1 is 0.697 bits per heavy atom. The van der Waals surface area contributed by atoms with E-state index in [0.29, 0.717) is 72.1 Å². The van der Waals surface area contributed by atoms with E-state index in [9.17, 15) is 23.9 Å². The lowest BCUT2D eigenvalue weighted by Gasteiger charge is -2.46. The normalized spacial score (nSPS) is 23.0. The zero-order valence-electron chi connectivity index (χ0n) is 38.4. The first kappa shape index (κ1) is 47.4. The van der Waals surface area contributed by atoms with Crippen LogP contribution in [-0.4, -0.2) is 73.7 Å². The van der Waals surface area contributed by atoms with E-state index in [2.05, 4.69) is 10.1 Å². The lowest BCUT2D eigenvalue weighted by atomic mass is 9.60. The second-order valence-electron chi connectivity index (χ2n) is 19.8. The van der Waals surface area contributed by atoms with Gasteiger partial charge in [-0.15, -0.1) is 0 Å². The molecule has 2 N–H and O–H groups in total. The average molecular weight is 905 g/mol. The van der Waals surface area contributed by atoms with E-state index in [1.54, 1.807) is 24.3 Å². The zero-order valence-corrected chi connectivity index (χ0v) is 38.4. The summed E-state index contributed by atoms with van der Waals surface area (Å²) >= 11 is 0. The van der Waals surface area contributed by atoms with E-state index < -0.39 is 11.8 Å². The first-order valence-electron chi connectivity index (χ1n) is 24.3. The molecule has 4 aromatic rings. The molecule has 6 fully saturated rings. The topological polar surface area (TPSA) is 114 Å². The molecule has 11 heteroatoms. The van der Waals surface area contributed by atoms with Gasteiger partial charge in [-0.1, -0.05) is 67.4 Å². The molecule has 4 aromatic carbocycles. The number of carboxylic acids is 1. The monoisotopic (exact) mass is 904 g/mol. The van der Waals surface area contributed by atoms with Crippen molar-refractivity contribution in [2.45, 2.75) is 121 Å². The van der Waals surface area contributed by atoms with Crippen molar-refractivity contribution >= 4 is 18.2 Å². The fourth-order valence-electron chi connectivity index (χ4n) is 11.0. The lowest BCUT2D eigenvalue weighted by Crippen LogP contribution is -2.37. The fraction of sp³-hybridized carbons (Fsp3) is 0.509. The smallest absolute Gasteiger partial charge is 0.309 e. The van der Waals surface area contributed by atoms with Crippen LogP contribution in [0.5, 0.6) is 11.5 Å². The van der Waals surface area contributed by atoms with E-state index >= 15 is 4.39 Å². The number of carbonyl (C=O) groups excluding carboxylic acids is 2. The van der Waals surface area contributed by atoms with Crippen LogP contribution in [0.3, 0.4) is 0 Å². The molecule has 2 aliphatic heterocycles. The molecule has 4 aliphatic carbocycles. The summed E-state index contributed by atoms with van der Waals surface area (Å²) in [6.45, 7) is 3.34. The molecule has 2 heterocycles. The second-order valence-corrected chi connectivity index (χ2v) is 19.8. The minimum Gasteiger partial charge on any atom is -0.490 e. The number of nitrogens with zero attached hydrogens (tertiary/aromatic N) is 1. The highest BCUT2D eigenvalue weighted by molar-refractivity contribution is 5.80. The van der Waals surface area contributed by atoms with Gasteiger partial charge in [0.05, 0.1) is 36.7 Å². The highest BCUT2D eigenvalue weighted by atomic mass is 19.1. The van der Waals surface area contributed by atoms with Gasteiger partial charge in [-0.05, 0) is 155 Å². The molecular weight excluding hydrogens is 839 g/mol. The molecular formula is C55H66F2N2O7. The summed E-state index contributed by atoms with van der Waals surface area (Å²) in [5.74, 6) is -0.0869. The molecule has 2 saturated heterocycles. The standard InChI is InChI=1S/C27H32FNO3.C22H23FO2.C6H11NO2/c28-25-20(17-29-16-11-21(18-29)26(30)31)3-1-4-24(25)19-5-7-22(8-6-19)32-23-9-14-27(15-10-23)12-2-13-27;23-21-17(15-24)3-1-4-20(21)16-5-7-18(8-6-16)25-19-9-13-22(14-10-19)11-2-12-22;1-9-6(8)5-2-3-7-4-5/h1,3-8,21,23H,2,9-18H2,(H,30,31);1,3-8,15,19H,2,9-14H2;5,7H,2-4H2,1H3. The molecule has 4 saturated carbocycles. The predicted octanol–water partition coefficient (Wildman–Crippen LogP) is 11.5. The number of carboxylic acid groups (broad SMARTS) is 1. The van der Waals surface area contributed by atoms with Crippen molar-refractivity contribution in [1.82, 2.24) is 10.2 Å². The van der Waals surface area contributed by atoms with Crippen LogP contribution in [0.2, 0.25) is 0 Å². The molecule has 0 aromatic heterocycles. The molecule has 2 atom stereocenters. The number of nitrogens with one attached hydrogen (secondary N) is 1. The Kier molecular flexibility index (Phi) is 15.5. The van der Waals surface area contributed by atoms with Crippen molar-refractivity contribution in [3.8, 4) is 33.8 Å². The van der Waals surface area contributed by atoms with Crippen LogP contribution in [0.1, 0.15) is 119 Å². The Hall–Kier alpha value is -5.13. The molecule has 10 rings (SSSR count). The molecule has 9 nitrogen and oxygen atoms in total. The van der Waals surface area contributed by atoms with Crippen molar-refractivity contribution in [2.75, 3.05) is 33.3 Å². The van der Waals surface area contributed by atoms with Crippen LogP contribution in [-0.2, 0) is 20.9 Å². The van der Waals surface area contributed by atoms with Crippen LogP contribution in [0.15, 0.2) is 84.9 Å². The number of ether oxygens (including phenoxy) is 3. The van der Waals surface area contributed by atoms with Gasteiger partial charge in [0, 0.05) is 36.3 Å². The molecule has 0 amide bonds. The number of hydrogen-bond acceptors (Lipinski definition) is 8. The Morgan fingerprint density at radius 3 is 1.67 bits per heavy atom. The molecule has 2 unspecified atom stereocenters. The van der Waals surface area contributed by atoms with Crippen molar-refractivity contribution in [1.29, 1.82) is 0 Å². The third kappa shape index (κ3) is 11.5. The van der Waals surface area contributed by atoms with Crippen molar-refractivity contribution in [3.05, 3.63) is 108 Å². The summed E-state index contributed by atoms with van der Waals surface area (Å²) in [5.41, 5.74) is 4.59. The van der Waals surface area contributed by atoms with E-state index in [1.165, 1.54) is 77.4 Å². The Labute approximate surface area is 388 Å². The van der Waals surface area contributed by atoms with Gasteiger partial charge in [0.1, 0.15) is 23.1 Å². The molecule has 0 radical (unpaired) electrons. The van der Waals surface area contributed by atoms with E-state index in [0.717, 1.165) is 67.8 Å². The van der Waals surface area contributed by atoms with Crippen LogP contribution < -0.4 is 14.8 Å². The quantitative estimate of drug-likeness (QED) is 0.112. The van der Waals surface area contributed by atoms with Crippen molar-refractivity contribution in [2.24, 2.45) is 22.7 Å². The number of methoxy groups -OCH3 is 1. The Balaban J connectivity index is 0.000000154. The van der Waals surface area contributed by atoms with Gasteiger partial charge in [-0.3, -0.25) is 19.3 Å². The van der Waals surface area contributed by atoms with E-state index in [-0.39, 0.29) is 29.2 Å². The number of carbonyl (C=O) groups is 3. The number of aldehydes is 1. The van der Waals surface area contributed by atoms with Crippen LogP contribution in [0.4, 0.5) is 8.78 Å². The average Bonchev–Trinajstić information content (AvgIpc) is 4.04. The molecule has 2 spiro atoms. The second kappa shape index (κ2) is 21.7. The summed E-state index contributed by atoms with van der Waals surface area (Å²) in [6, 6.07) is 25.6. The summed E-state index contributed by atoms with van der Waals surface area (Å²) in [6.07, 6.45) is 20.8. The number of esters is 1. The van der Waals surface area contributed by atoms with E-state index in [4.69, 9.17) is 9.47 Å². The van der Waals surface area contributed by atoms with Gasteiger partial charge in [-0.2, -0.15) is 0 Å². The van der Waals surface area contributed by atoms with Crippen LogP contribution in [0, 0.1) is 34.3 Å². The molecule has 0 bridgehead atoms. The van der Waals surface area contributed by atoms with Crippen molar-refractivity contribution < 1.29 is 42.5 Å². The fourth-order valence-corrected chi connectivity index (χ4v) is 11.0. The number of rotatable bonds is 11. The third-order valence-electron chi connectivity index (χ3n) is 15.6. The molecule has 66 heavy (non-hydrogen) atoms. The number of halogens is 2. The maximum Gasteiger partial charge on any atom is 0.309 e. The summed E-state index contributed by atoms with van der Waals surface area (Å²) in [5, 5.41) is 12.3. The predicted molar refractivity (Wildman–Crippen MR) is 251 cm³/mol. The summed E-state index contributed by atoms with van der Waals surface area (Å²) in [7, 11) is 1.43. The SMILES string of the molecule is COC(=O)C1CCNC1.O=C(O)C1CCN(Cc2cccc(-c3ccc(OC4CCC5(CCC5)CC4)cc3)c2F)C1.O=Cc1cccc(-c2ccc(OC3CCC4(CCC4)CC3)cc2)c1F. The van der Waals surface area contributed by atoms with Gasteiger partial charge in [0.15, 0.2) is 6.29 Å².